The Bertz CT molecular complexity index is 1170. The smallest absolute Gasteiger partial charge is 0.262 e. The summed E-state index contributed by atoms with van der Waals surface area (Å²) in [6, 6.07) is 12.1. The van der Waals surface area contributed by atoms with Crippen LogP contribution in [0.4, 0.5) is 0 Å². The summed E-state index contributed by atoms with van der Waals surface area (Å²) in [5.41, 5.74) is 0.794. The lowest BCUT2D eigenvalue weighted by Crippen LogP contribution is -2.25. The minimum atomic E-state index is -0.207. The van der Waals surface area contributed by atoms with Gasteiger partial charge in [0.05, 0.1) is 17.5 Å². The van der Waals surface area contributed by atoms with E-state index in [9.17, 15) is 9.59 Å². The average Bonchev–Trinajstić information content (AvgIpc) is 2.74. The maximum atomic E-state index is 12.5. The number of unbranched alkanes of at least 4 members (excludes halogenated alkanes) is 1. The third kappa shape index (κ3) is 5.37. The molecule has 30 heavy (non-hydrogen) atoms. The second-order valence-corrected chi connectivity index (χ2v) is 7.48. The van der Waals surface area contributed by atoms with Crippen LogP contribution in [0.5, 0.6) is 5.75 Å². The number of H-pyrrole nitrogens is 1. The predicted molar refractivity (Wildman–Crippen MR) is 122 cm³/mol. The summed E-state index contributed by atoms with van der Waals surface area (Å²) in [4.78, 5) is 28.0. The van der Waals surface area contributed by atoms with Crippen molar-refractivity contribution in [2.45, 2.75) is 19.4 Å². The lowest BCUT2D eigenvalue weighted by atomic mass is 10.1. The molecule has 8 heteroatoms. The van der Waals surface area contributed by atoms with Crippen LogP contribution in [0.3, 0.4) is 0 Å². The normalized spacial score (nSPS) is 10.7. The number of allylic oxidation sites excluding steroid dienone is 1. The summed E-state index contributed by atoms with van der Waals surface area (Å²) in [6.07, 6.45) is 3.19. The lowest BCUT2D eigenvalue weighted by molar-refractivity contribution is 0.0952. The molecule has 0 radical (unpaired) electrons. The van der Waals surface area contributed by atoms with E-state index in [0.29, 0.717) is 46.0 Å². The quantitative estimate of drug-likeness (QED) is 0.290. The Morgan fingerprint density at radius 3 is 2.73 bits per heavy atom. The van der Waals surface area contributed by atoms with Gasteiger partial charge < -0.3 is 15.0 Å². The number of fused-ring (bicyclic) bond motifs is 1. The highest BCUT2D eigenvalue weighted by Crippen LogP contribution is 2.15. The number of hydrogen-bond acceptors (Lipinski definition) is 4. The SMILES string of the molecule is C=CCn1c(=S)[nH]c2cc(C(=O)NCCCCOc3ccc(Cl)cc3)ccc2c1=O. The van der Waals surface area contributed by atoms with Gasteiger partial charge in [-0.3, -0.25) is 14.2 Å². The highest BCUT2D eigenvalue weighted by Gasteiger charge is 2.10. The molecule has 1 aromatic heterocycles. The third-order valence-corrected chi connectivity index (χ3v) is 5.07. The molecule has 0 unspecified atom stereocenters. The molecule has 1 amide bonds. The van der Waals surface area contributed by atoms with Gasteiger partial charge in [0.1, 0.15) is 5.75 Å². The van der Waals surface area contributed by atoms with E-state index in [1.165, 1.54) is 4.57 Å². The lowest BCUT2D eigenvalue weighted by Gasteiger charge is -2.09. The van der Waals surface area contributed by atoms with Crippen LogP contribution in [0.25, 0.3) is 10.9 Å². The van der Waals surface area contributed by atoms with Gasteiger partial charge in [-0.2, -0.15) is 0 Å². The molecule has 3 aromatic rings. The van der Waals surface area contributed by atoms with Crippen LogP contribution in [-0.4, -0.2) is 28.6 Å². The highest BCUT2D eigenvalue weighted by molar-refractivity contribution is 7.71. The molecule has 2 N–H and O–H groups in total. The minimum absolute atomic E-state index is 0.204. The van der Waals surface area contributed by atoms with E-state index in [4.69, 9.17) is 28.6 Å². The first-order valence-corrected chi connectivity index (χ1v) is 10.3. The number of carbonyl (C=O) groups excluding carboxylic acids is 1. The van der Waals surface area contributed by atoms with E-state index >= 15 is 0 Å². The first kappa shape index (κ1) is 21.8. The Balaban J connectivity index is 1.53. The fourth-order valence-electron chi connectivity index (χ4n) is 2.94. The van der Waals surface area contributed by atoms with E-state index in [0.717, 1.165) is 18.6 Å². The Morgan fingerprint density at radius 2 is 2.00 bits per heavy atom. The number of benzene rings is 2. The van der Waals surface area contributed by atoms with Crippen molar-refractivity contribution in [1.82, 2.24) is 14.9 Å². The molecule has 0 aliphatic heterocycles. The molecule has 1 heterocycles. The molecule has 3 rings (SSSR count). The van der Waals surface area contributed by atoms with Crippen molar-refractivity contribution in [3.63, 3.8) is 0 Å². The number of halogens is 1. The van der Waals surface area contributed by atoms with Gasteiger partial charge in [0.25, 0.3) is 11.5 Å². The molecular weight excluding hydrogens is 422 g/mol. The van der Waals surface area contributed by atoms with Crippen molar-refractivity contribution in [3.05, 3.63) is 80.8 Å². The average molecular weight is 444 g/mol. The molecule has 2 aromatic carbocycles. The molecule has 0 spiro atoms. The minimum Gasteiger partial charge on any atom is -0.494 e. The fourth-order valence-corrected chi connectivity index (χ4v) is 3.34. The molecular formula is C22H22ClN3O3S. The van der Waals surface area contributed by atoms with Gasteiger partial charge in [-0.1, -0.05) is 17.7 Å². The number of aromatic nitrogens is 2. The zero-order valence-corrected chi connectivity index (χ0v) is 17.9. The summed E-state index contributed by atoms with van der Waals surface area (Å²) in [7, 11) is 0. The van der Waals surface area contributed by atoms with Crippen LogP contribution in [0.1, 0.15) is 23.2 Å². The molecule has 0 aliphatic rings. The predicted octanol–water partition coefficient (Wildman–Crippen LogP) is 4.49. The van der Waals surface area contributed by atoms with E-state index in [1.54, 1.807) is 36.4 Å². The zero-order valence-electron chi connectivity index (χ0n) is 16.3. The molecule has 0 fully saturated rings. The van der Waals surface area contributed by atoms with Crippen molar-refractivity contribution in [2.75, 3.05) is 13.2 Å². The zero-order chi connectivity index (χ0) is 21.5. The highest BCUT2D eigenvalue weighted by atomic mass is 35.5. The first-order valence-electron chi connectivity index (χ1n) is 9.54. The number of rotatable bonds is 9. The van der Waals surface area contributed by atoms with Gasteiger partial charge in [-0.15, -0.1) is 6.58 Å². The largest absolute Gasteiger partial charge is 0.494 e. The number of carbonyl (C=O) groups is 1. The van der Waals surface area contributed by atoms with Crippen LogP contribution < -0.4 is 15.6 Å². The van der Waals surface area contributed by atoms with Gasteiger partial charge in [0.2, 0.25) is 0 Å². The van der Waals surface area contributed by atoms with E-state index in [2.05, 4.69) is 16.9 Å². The molecule has 0 saturated heterocycles. The molecule has 0 atom stereocenters. The fraction of sp³-hybridized carbons (Fsp3) is 0.227. The van der Waals surface area contributed by atoms with Crippen molar-refractivity contribution in [2.24, 2.45) is 0 Å². The third-order valence-electron chi connectivity index (χ3n) is 4.49. The van der Waals surface area contributed by atoms with Crippen LogP contribution in [0.2, 0.25) is 5.02 Å². The number of amides is 1. The number of aromatic amines is 1. The summed E-state index contributed by atoms with van der Waals surface area (Å²) in [5, 5.41) is 4.02. The first-order chi connectivity index (χ1) is 14.5. The Hall–Kier alpha value is -2.90. The van der Waals surface area contributed by atoms with Crippen molar-refractivity contribution < 1.29 is 9.53 Å². The second kappa shape index (κ2) is 10.2. The standard InChI is InChI=1S/C22H22ClN3O3S/c1-2-12-26-21(28)18-10-5-15(14-19(18)25-22(26)30)20(27)24-11-3-4-13-29-17-8-6-16(23)7-9-17/h2,5-10,14H,1,3-4,11-13H2,(H,24,27)(H,25,30). The van der Waals surface area contributed by atoms with Crippen molar-refractivity contribution in [3.8, 4) is 5.75 Å². The molecule has 156 valence electrons. The Morgan fingerprint density at radius 1 is 1.23 bits per heavy atom. The number of nitrogens with one attached hydrogen (secondary N) is 2. The maximum absolute atomic E-state index is 12.5. The van der Waals surface area contributed by atoms with Gasteiger partial charge in [-0.05, 0) is 67.5 Å². The number of nitrogens with zero attached hydrogens (tertiary/aromatic N) is 1. The van der Waals surface area contributed by atoms with Crippen LogP contribution >= 0.6 is 23.8 Å². The second-order valence-electron chi connectivity index (χ2n) is 6.66. The van der Waals surface area contributed by atoms with Gasteiger partial charge in [-0.25, -0.2) is 0 Å². The summed E-state index contributed by atoms with van der Waals surface area (Å²) >= 11 is 11.1. The number of ether oxygens (including phenoxy) is 1. The summed E-state index contributed by atoms with van der Waals surface area (Å²) in [5.74, 6) is 0.564. The monoisotopic (exact) mass is 443 g/mol. The Kier molecular flexibility index (Phi) is 7.43. The summed E-state index contributed by atoms with van der Waals surface area (Å²) < 4.78 is 7.35. The Labute approximate surface area is 184 Å². The summed E-state index contributed by atoms with van der Waals surface area (Å²) in [6.45, 7) is 5.05. The topological polar surface area (TPSA) is 76.1 Å². The van der Waals surface area contributed by atoms with Gasteiger partial charge >= 0.3 is 0 Å². The van der Waals surface area contributed by atoms with E-state index < -0.39 is 0 Å². The van der Waals surface area contributed by atoms with Crippen LogP contribution in [0, 0.1) is 4.77 Å². The van der Waals surface area contributed by atoms with Gasteiger partial charge in [0.15, 0.2) is 4.77 Å². The molecule has 0 bridgehead atoms. The van der Waals surface area contributed by atoms with E-state index in [1.807, 2.05) is 12.1 Å². The van der Waals surface area contributed by atoms with Crippen molar-refractivity contribution >= 4 is 40.6 Å². The van der Waals surface area contributed by atoms with Crippen LogP contribution in [-0.2, 0) is 6.54 Å². The molecule has 0 aliphatic carbocycles. The molecule has 0 saturated carbocycles. The van der Waals surface area contributed by atoms with E-state index in [-0.39, 0.29) is 11.5 Å². The van der Waals surface area contributed by atoms with Gasteiger partial charge in [0, 0.05) is 23.7 Å². The van der Waals surface area contributed by atoms with Crippen LogP contribution in [0.15, 0.2) is 59.9 Å². The maximum Gasteiger partial charge on any atom is 0.262 e. The number of hydrogen-bond donors (Lipinski definition) is 2. The molecule has 6 nitrogen and oxygen atoms in total. The van der Waals surface area contributed by atoms with Crippen molar-refractivity contribution in [1.29, 1.82) is 0 Å².